The molecular formula is C23H23FN6O4. The van der Waals surface area contributed by atoms with E-state index in [1.807, 2.05) is 0 Å². The number of nitrogens with zero attached hydrogens (tertiary/aromatic N) is 5. The molecule has 1 saturated heterocycles. The summed E-state index contributed by atoms with van der Waals surface area (Å²) in [6.45, 7) is 3.50. The largest absolute Gasteiger partial charge is 0.442 e. The lowest BCUT2D eigenvalue weighted by Crippen LogP contribution is -2.33. The SMILES string of the molecule is C.CC(=O)NC[C@H]1CN(c2ccc(-c3ccc4nc(-c5noc(C)n5)cn4c3)c(F)c2)C(=O)O1. The highest BCUT2D eigenvalue weighted by Crippen LogP contribution is 2.30. The number of benzene rings is 1. The monoisotopic (exact) mass is 466 g/mol. The van der Waals surface area contributed by atoms with Crippen LogP contribution < -0.4 is 10.2 Å². The highest BCUT2D eigenvalue weighted by molar-refractivity contribution is 5.90. The molecule has 4 aromatic rings. The molecular weight excluding hydrogens is 443 g/mol. The van der Waals surface area contributed by atoms with Gasteiger partial charge in [0.1, 0.15) is 23.3 Å². The number of rotatable bonds is 5. The molecule has 0 aliphatic carbocycles. The molecule has 3 aromatic heterocycles. The van der Waals surface area contributed by atoms with Crippen LogP contribution in [0.4, 0.5) is 14.9 Å². The molecule has 11 heteroatoms. The number of aryl methyl sites for hydroxylation is 1. The Morgan fingerprint density at radius 1 is 1.24 bits per heavy atom. The van der Waals surface area contributed by atoms with Gasteiger partial charge in [-0.1, -0.05) is 12.6 Å². The van der Waals surface area contributed by atoms with E-state index in [0.29, 0.717) is 39.9 Å². The standard InChI is InChI=1S/C22H19FN6O4.CH4/c1-12(30)24-8-16-10-29(22(31)32-16)15-4-5-17(18(23)7-15)14-3-6-20-26-19(11-28(20)9-14)21-25-13(2)33-27-21;/h3-7,9,11,16H,8,10H2,1-2H3,(H,24,30);1H4/t16-;/m0./s1. The molecule has 10 nitrogen and oxygen atoms in total. The second-order valence-corrected chi connectivity index (χ2v) is 7.66. The molecule has 0 saturated carbocycles. The molecule has 1 aromatic carbocycles. The predicted octanol–water partition coefficient (Wildman–Crippen LogP) is 3.60. The topological polar surface area (TPSA) is 115 Å². The number of carbonyl (C=O) groups is 2. The van der Waals surface area contributed by atoms with Crippen molar-refractivity contribution in [2.75, 3.05) is 18.0 Å². The minimum Gasteiger partial charge on any atom is -0.442 e. The number of imidazole rings is 1. The van der Waals surface area contributed by atoms with Crippen LogP contribution in [0.25, 0.3) is 28.3 Å². The van der Waals surface area contributed by atoms with E-state index < -0.39 is 18.0 Å². The molecule has 1 aliphatic rings. The highest BCUT2D eigenvalue weighted by atomic mass is 19.1. The first-order valence-corrected chi connectivity index (χ1v) is 10.2. The van der Waals surface area contributed by atoms with E-state index >= 15 is 4.39 Å². The molecule has 4 heterocycles. The highest BCUT2D eigenvalue weighted by Gasteiger charge is 2.32. The van der Waals surface area contributed by atoms with Gasteiger partial charge in [-0.25, -0.2) is 14.2 Å². The third-order valence-corrected chi connectivity index (χ3v) is 5.24. The summed E-state index contributed by atoms with van der Waals surface area (Å²) in [7, 11) is 0. The first-order chi connectivity index (χ1) is 15.9. The number of cyclic esters (lactones) is 1. The summed E-state index contributed by atoms with van der Waals surface area (Å²) < 4.78 is 27.0. The van der Waals surface area contributed by atoms with Gasteiger partial charge in [-0.15, -0.1) is 0 Å². The summed E-state index contributed by atoms with van der Waals surface area (Å²) in [5.41, 5.74) is 2.57. The number of aromatic nitrogens is 4. The zero-order chi connectivity index (χ0) is 23.1. The van der Waals surface area contributed by atoms with Crippen molar-refractivity contribution in [3.63, 3.8) is 0 Å². The number of anilines is 1. The zero-order valence-corrected chi connectivity index (χ0v) is 17.8. The van der Waals surface area contributed by atoms with Gasteiger partial charge in [-0.05, 0) is 30.3 Å². The first-order valence-electron chi connectivity index (χ1n) is 10.2. The Labute approximate surface area is 194 Å². The van der Waals surface area contributed by atoms with Gasteiger partial charge in [-0.2, -0.15) is 4.98 Å². The molecule has 34 heavy (non-hydrogen) atoms. The van der Waals surface area contributed by atoms with Crippen LogP contribution in [-0.4, -0.2) is 50.7 Å². The van der Waals surface area contributed by atoms with E-state index in [-0.39, 0.29) is 26.4 Å². The molecule has 1 atom stereocenters. The van der Waals surface area contributed by atoms with Crippen molar-refractivity contribution in [1.29, 1.82) is 0 Å². The fourth-order valence-electron chi connectivity index (χ4n) is 3.66. The summed E-state index contributed by atoms with van der Waals surface area (Å²) in [6, 6.07) is 8.10. The third kappa shape index (κ3) is 4.32. The predicted molar refractivity (Wildman–Crippen MR) is 122 cm³/mol. The average molecular weight is 466 g/mol. The van der Waals surface area contributed by atoms with E-state index in [1.54, 1.807) is 48.0 Å². The van der Waals surface area contributed by atoms with Crippen LogP contribution in [0.1, 0.15) is 20.2 Å². The lowest BCUT2D eigenvalue weighted by molar-refractivity contribution is -0.119. The molecule has 2 amide bonds. The molecule has 5 rings (SSSR count). The fraction of sp³-hybridized carbons (Fsp3) is 0.261. The maximum absolute atomic E-state index is 15.0. The van der Waals surface area contributed by atoms with Crippen molar-refractivity contribution < 1.29 is 23.2 Å². The van der Waals surface area contributed by atoms with Gasteiger partial charge in [0.15, 0.2) is 0 Å². The minimum atomic E-state index is -0.582. The second-order valence-electron chi connectivity index (χ2n) is 7.66. The average Bonchev–Trinajstić information content (AvgIpc) is 3.49. The molecule has 176 valence electrons. The number of hydrogen-bond acceptors (Lipinski definition) is 7. The quantitative estimate of drug-likeness (QED) is 0.478. The van der Waals surface area contributed by atoms with Crippen molar-refractivity contribution in [1.82, 2.24) is 24.8 Å². The maximum atomic E-state index is 15.0. The summed E-state index contributed by atoms with van der Waals surface area (Å²) in [4.78, 5) is 33.3. The van der Waals surface area contributed by atoms with E-state index in [0.717, 1.165) is 0 Å². The molecule has 1 fully saturated rings. The number of fused-ring (bicyclic) bond motifs is 1. The summed E-state index contributed by atoms with van der Waals surface area (Å²) >= 11 is 0. The fourth-order valence-corrected chi connectivity index (χ4v) is 3.66. The smallest absolute Gasteiger partial charge is 0.414 e. The molecule has 0 bridgehead atoms. The number of hydrogen-bond donors (Lipinski definition) is 1. The first kappa shape index (κ1) is 22.9. The Balaban J connectivity index is 0.00000274. The zero-order valence-electron chi connectivity index (χ0n) is 17.8. The van der Waals surface area contributed by atoms with Crippen LogP contribution in [0, 0.1) is 12.7 Å². The van der Waals surface area contributed by atoms with Crippen molar-refractivity contribution in [2.24, 2.45) is 0 Å². The molecule has 0 unspecified atom stereocenters. The van der Waals surface area contributed by atoms with E-state index in [4.69, 9.17) is 9.26 Å². The van der Waals surface area contributed by atoms with Gasteiger partial charge in [0.05, 0.1) is 18.8 Å². The number of pyridine rings is 1. The van der Waals surface area contributed by atoms with Gasteiger partial charge in [-0.3, -0.25) is 9.69 Å². The summed E-state index contributed by atoms with van der Waals surface area (Å²) in [5.74, 6) is 0.115. The van der Waals surface area contributed by atoms with Gasteiger partial charge in [0, 0.05) is 37.4 Å². The molecule has 1 aliphatic heterocycles. The van der Waals surface area contributed by atoms with Crippen molar-refractivity contribution in [3.05, 3.63) is 54.4 Å². The van der Waals surface area contributed by atoms with Gasteiger partial charge in [0.2, 0.25) is 17.6 Å². The van der Waals surface area contributed by atoms with Crippen LogP contribution >= 0.6 is 0 Å². The Morgan fingerprint density at radius 2 is 2.06 bits per heavy atom. The lowest BCUT2D eigenvalue weighted by Gasteiger charge is -2.14. The number of amides is 2. The van der Waals surface area contributed by atoms with Crippen LogP contribution in [0.2, 0.25) is 0 Å². The van der Waals surface area contributed by atoms with Crippen molar-refractivity contribution >= 4 is 23.3 Å². The Hall–Kier alpha value is -4.28. The van der Waals surface area contributed by atoms with E-state index in [1.165, 1.54) is 17.9 Å². The van der Waals surface area contributed by atoms with Gasteiger partial charge < -0.3 is 19.0 Å². The lowest BCUT2D eigenvalue weighted by atomic mass is 10.1. The second kappa shape index (κ2) is 8.93. The maximum Gasteiger partial charge on any atom is 0.414 e. The number of carbonyl (C=O) groups excluding carboxylic acids is 2. The van der Waals surface area contributed by atoms with Crippen LogP contribution in [-0.2, 0) is 9.53 Å². The minimum absolute atomic E-state index is 0. The normalized spacial score (nSPS) is 15.3. The summed E-state index contributed by atoms with van der Waals surface area (Å²) in [5, 5.41) is 6.48. The third-order valence-electron chi connectivity index (χ3n) is 5.24. The van der Waals surface area contributed by atoms with Crippen LogP contribution in [0.5, 0.6) is 0 Å². The number of halogens is 1. The Morgan fingerprint density at radius 3 is 2.76 bits per heavy atom. The number of ether oxygens (including phenoxy) is 1. The van der Waals surface area contributed by atoms with Crippen LogP contribution in [0.3, 0.4) is 0 Å². The van der Waals surface area contributed by atoms with Crippen molar-refractivity contribution in [3.8, 4) is 22.6 Å². The Kier molecular flexibility index (Phi) is 6.01. The number of nitrogens with one attached hydrogen (secondary N) is 1. The molecule has 0 radical (unpaired) electrons. The Bertz CT molecular complexity index is 1380. The van der Waals surface area contributed by atoms with Gasteiger partial charge >= 0.3 is 6.09 Å². The van der Waals surface area contributed by atoms with Gasteiger partial charge in [0.25, 0.3) is 0 Å². The molecule has 0 spiro atoms. The van der Waals surface area contributed by atoms with E-state index in [2.05, 4.69) is 20.4 Å². The van der Waals surface area contributed by atoms with Crippen LogP contribution in [0.15, 0.2) is 47.2 Å². The summed E-state index contributed by atoms with van der Waals surface area (Å²) in [6.07, 6.45) is 2.42. The molecule has 1 N–H and O–H groups in total. The van der Waals surface area contributed by atoms with E-state index in [9.17, 15) is 9.59 Å². The van der Waals surface area contributed by atoms with Crippen molar-refractivity contribution in [2.45, 2.75) is 27.4 Å².